The second-order valence-corrected chi connectivity index (χ2v) is 16.4. The number of rotatable bonds is 10. The molecule has 1 fully saturated rings. The maximum Gasteiger partial charge on any atom is 0.434 e. The van der Waals surface area contributed by atoms with Crippen molar-refractivity contribution in [2.24, 2.45) is 5.41 Å². The Balaban J connectivity index is 1.47. The third-order valence-corrected chi connectivity index (χ3v) is 7.86. The number of imidazole rings is 1. The van der Waals surface area contributed by atoms with E-state index in [4.69, 9.17) is 9.47 Å². The van der Waals surface area contributed by atoms with Gasteiger partial charge in [-0.2, -0.15) is 13.2 Å². The Morgan fingerprint density at radius 1 is 1.03 bits per heavy atom. The van der Waals surface area contributed by atoms with E-state index in [0.717, 1.165) is 29.2 Å². The van der Waals surface area contributed by atoms with Crippen LogP contribution in [0.5, 0.6) is 5.75 Å². The van der Waals surface area contributed by atoms with E-state index in [1.807, 2.05) is 24.3 Å². The molecule has 1 saturated carbocycles. The fourth-order valence-corrected chi connectivity index (χ4v) is 4.21. The van der Waals surface area contributed by atoms with Gasteiger partial charge in [-0.25, -0.2) is 4.98 Å². The number of nitrogens with zero attached hydrogens (tertiary/aromatic N) is 3. The van der Waals surface area contributed by atoms with Gasteiger partial charge >= 0.3 is 6.18 Å². The molecule has 1 aliphatic carbocycles. The highest BCUT2D eigenvalue weighted by Gasteiger charge is 2.38. The minimum absolute atomic E-state index is 0.00511. The van der Waals surface area contributed by atoms with Gasteiger partial charge in [0, 0.05) is 43.6 Å². The first kappa shape index (κ1) is 25.4. The number of pyridine rings is 1. The molecular weight excluding hydrogens is 471 g/mol. The first-order valence-electron chi connectivity index (χ1n) is 11.8. The van der Waals surface area contributed by atoms with Gasteiger partial charge in [-0.3, -0.25) is 4.98 Å². The molecule has 0 radical (unpaired) electrons. The first-order chi connectivity index (χ1) is 16.4. The van der Waals surface area contributed by atoms with Crippen LogP contribution in [0, 0.1) is 5.41 Å². The molecular formula is C26H32F3N3O2Si. The third-order valence-electron chi connectivity index (χ3n) is 6.16. The van der Waals surface area contributed by atoms with Crippen LogP contribution in [0.2, 0.25) is 25.7 Å². The van der Waals surface area contributed by atoms with E-state index < -0.39 is 19.9 Å². The maximum absolute atomic E-state index is 13.3. The average Bonchev–Trinajstić information content (AvgIpc) is 3.37. The predicted molar refractivity (Wildman–Crippen MR) is 133 cm³/mol. The van der Waals surface area contributed by atoms with Gasteiger partial charge in [0.05, 0.1) is 12.3 Å². The Labute approximate surface area is 205 Å². The smallest absolute Gasteiger partial charge is 0.434 e. The highest BCUT2D eigenvalue weighted by atomic mass is 28.3. The molecule has 2 aromatic heterocycles. The van der Waals surface area contributed by atoms with Gasteiger partial charge in [-0.05, 0) is 55.3 Å². The van der Waals surface area contributed by atoms with E-state index in [9.17, 15) is 13.2 Å². The summed E-state index contributed by atoms with van der Waals surface area (Å²) in [7, 11) is -1.30. The Kier molecular flexibility index (Phi) is 7.10. The summed E-state index contributed by atoms with van der Waals surface area (Å²) in [6, 6.07) is 12.1. The zero-order chi connectivity index (χ0) is 25.3. The molecule has 0 bridgehead atoms. The van der Waals surface area contributed by atoms with Gasteiger partial charge in [0.25, 0.3) is 0 Å². The number of halogens is 3. The van der Waals surface area contributed by atoms with Gasteiger partial charge in [0.15, 0.2) is 5.69 Å². The van der Waals surface area contributed by atoms with E-state index >= 15 is 0 Å². The lowest BCUT2D eigenvalue weighted by Gasteiger charge is -2.16. The van der Waals surface area contributed by atoms with E-state index in [0.29, 0.717) is 24.2 Å². The average molecular weight is 504 g/mol. The normalized spacial score (nSPS) is 15.3. The van der Waals surface area contributed by atoms with Gasteiger partial charge in [-0.15, -0.1) is 0 Å². The maximum atomic E-state index is 13.3. The van der Waals surface area contributed by atoms with Crippen LogP contribution in [-0.2, 0) is 17.6 Å². The number of hydrogen-bond acceptors (Lipinski definition) is 4. The van der Waals surface area contributed by atoms with E-state index in [1.54, 1.807) is 18.3 Å². The molecule has 35 heavy (non-hydrogen) atoms. The summed E-state index contributed by atoms with van der Waals surface area (Å²) in [5, 5.41) is 0. The lowest BCUT2D eigenvalue weighted by Crippen LogP contribution is -2.22. The lowest BCUT2D eigenvalue weighted by atomic mass is 10.1. The Hall–Kier alpha value is -2.65. The minimum Gasteiger partial charge on any atom is -0.493 e. The summed E-state index contributed by atoms with van der Waals surface area (Å²) in [6.07, 6.45) is 0.420. The van der Waals surface area contributed by atoms with E-state index in [1.165, 1.54) is 17.4 Å². The Morgan fingerprint density at radius 3 is 2.29 bits per heavy atom. The summed E-state index contributed by atoms with van der Waals surface area (Å²) >= 11 is 0. The van der Waals surface area contributed by atoms with Gasteiger partial charge in [-0.1, -0.05) is 26.6 Å². The summed E-state index contributed by atoms with van der Waals surface area (Å²) < 4.78 is 53.0. The Morgan fingerprint density at radius 2 is 1.71 bits per heavy atom. The van der Waals surface area contributed by atoms with E-state index in [2.05, 4.69) is 36.5 Å². The molecule has 0 N–H and O–H groups in total. The van der Waals surface area contributed by atoms with Gasteiger partial charge in [0.1, 0.15) is 18.3 Å². The molecule has 9 heteroatoms. The van der Waals surface area contributed by atoms with Crippen molar-refractivity contribution >= 4 is 8.07 Å². The van der Waals surface area contributed by atoms with Crippen molar-refractivity contribution in [3.05, 3.63) is 54.5 Å². The van der Waals surface area contributed by atoms with Crippen molar-refractivity contribution in [1.29, 1.82) is 0 Å². The quantitative estimate of drug-likeness (QED) is 0.218. The summed E-state index contributed by atoms with van der Waals surface area (Å²) in [5.41, 5.74) is 1.48. The fraction of sp³-hybridized carbons (Fsp3) is 0.462. The molecule has 1 aliphatic rings. The molecule has 0 aliphatic heterocycles. The summed E-state index contributed by atoms with van der Waals surface area (Å²) in [4.78, 5) is 8.33. The predicted octanol–water partition coefficient (Wildman–Crippen LogP) is 7.12. The molecule has 4 rings (SSSR count). The zero-order valence-electron chi connectivity index (χ0n) is 20.7. The standard InChI is InChI=1S/C26H32F3N3O2Si/c1-25(11-12-25)17-34-21-8-5-19(6-9-21)22-10-7-20(15-30-22)24-31-23(26(27,28)29)16-32(24)18-33-13-14-35(2,3)4/h5-10,15-16H,11-14,17-18H2,1-4H3. The van der Waals surface area contributed by atoms with Gasteiger partial charge < -0.3 is 14.0 Å². The molecule has 2 heterocycles. The summed E-state index contributed by atoms with van der Waals surface area (Å²) in [5.74, 6) is 0.996. The monoisotopic (exact) mass is 503 g/mol. The fourth-order valence-electron chi connectivity index (χ4n) is 3.46. The van der Waals surface area contributed by atoms with Crippen LogP contribution < -0.4 is 4.74 Å². The minimum atomic E-state index is -4.54. The molecule has 0 amide bonds. The second kappa shape index (κ2) is 9.77. The lowest BCUT2D eigenvalue weighted by molar-refractivity contribution is -0.141. The highest BCUT2D eigenvalue weighted by Crippen LogP contribution is 2.45. The Bertz CT molecular complexity index is 1130. The highest BCUT2D eigenvalue weighted by molar-refractivity contribution is 6.76. The topological polar surface area (TPSA) is 49.2 Å². The molecule has 5 nitrogen and oxygen atoms in total. The van der Waals surface area contributed by atoms with Crippen LogP contribution in [0.4, 0.5) is 13.2 Å². The number of hydrogen-bond donors (Lipinski definition) is 0. The number of ether oxygens (including phenoxy) is 2. The van der Waals surface area contributed by atoms with Crippen LogP contribution >= 0.6 is 0 Å². The van der Waals surface area contributed by atoms with Crippen molar-refractivity contribution in [1.82, 2.24) is 14.5 Å². The molecule has 0 saturated heterocycles. The van der Waals surface area contributed by atoms with E-state index in [-0.39, 0.29) is 12.6 Å². The molecule has 188 valence electrons. The van der Waals surface area contributed by atoms with Gasteiger partial charge in [0.2, 0.25) is 0 Å². The molecule has 3 aromatic rings. The molecule has 0 atom stereocenters. The van der Waals surface area contributed by atoms with Crippen LogP contribution in [0.15, 0.2) is 48.8 Å². The largest absolute Gasteiger partial charge is 0.493 e. The number of aromatic nitrogens is 3. The van der Waals surface area contributed by atoms with Crippen LogP contribution in [0.1, 0.15) is 25.5 Å². The SMILES string of the molecule is CC1(COc2ccc(-c3ccc(-c4nc(C(F)(F)F)cn4COCC[Si](C)(C)C)cn3)cc2)CC1. The zero-order valence-corrected chi connectivity index (χ0v) is 21.7. The van der Waals surface area contributed by atoms with Crippen molar-refractivity contribution in [2.75, 3.05) is 13.2 Å². The van der Waals surface area contributed by atoms with Crippen LogP contribution in [0.3, 0.4) is 0 Å². The van der Waals surface area contributed by atoms with Crippen molar-refractivity contribution in [3.8, 4) is 28.4 Å². The summed E-state index contributed by atoms with van der Waals surface area (Å²) in [6.45, 7) is 10.1. The number of alkyl halides is 3. The van der Waals surface area contributed by atoms with Crippen LogP contribution in [0.25, 0.3) is 22.6 Å². The second-order valence-electron chi connectivity index (χ2n) is 10.8. The van der Waals surface area contributed by atoms with Crippen molar-refractivity contribution in [2.45, 2.75) is 58.4 Å². The van der Waals surface area contributed by atoms with Crippen molar-refractivity contribution < 1.29 is 22.6 Å². The first-order valence-corrected chi connectivity index (χ1v) is 15.5. The van der Waals surface area contributed by atoms with Crippen LogP contribution in [-0.4, -0.2) is 35.8 Å². The molecule has 0 spiro atoms. The third kappa shape index (κ3) is 6.95. The van der Waals surface area contributed by atoms with Crippen molar-refractivity contribution in [3.63, 3.8) is 0 Å². The number of benzene rings is 1. The molecule has 1 aromatic carbocycles. The molecule has 0 unspecified atom stereocenters.